The SMILES string of the molecule is O=C(C=Cc1ccccc1)OCCN(CCOC(=O)/C=C/c1ccccc1)c1ccccc1. The maximum Gasteiger partial charge on any atom is 0.330 e. The van der Waals surface area contributed by atoms with E-state index in [-0.39, 0.29) is 13.2 Å². The maximum atomic E-state index is 12.0. The fourth-order valence-corrected chi connectivity index (χ4v) is 3.07. The molecule has 0 aliphatic carbocycles. The summed E-state index contributed by atoms with van der Waals surface area (Å²) < 4.78 is 10.7. The summed E-state index contributed by atoms with van der Waals surface area (Å²) in [5, 5.41) is 0. The molecular formula is C28H27NO4. The Hall–Kier alpha value is -4.12. The van der Waals surface area contributed by atoms with E-state index in [2.05, 4.69) is 0 Å². The van der Waals surface area contributed by atoms with Gasteiger partial charge in [0, 0.05) is 17.8 Å². The molecule has 0 heterocycles. The number of benzene rings is 3. The summed E-state index contributed by atoms with van der Waals surface area (Å²) in [7, 11) is 0. The molecule has 3 rings (SSSR count). The molecule has 0 aromatic heterocycles. The van der Waals surface area contributed by atoms with Gasteiger partial charge in [-0.05, 0) is 35.4 Å². The summed E-state index contributed by atoms with van der Waals surface area (Å²) in [5.41, 5.74) is 2.83. The lowest BCUT2D eigenvalue weighted by atomic mass is 10.2. The first-order valence-electron chi connectivity index (χ1n) is 10.8. The minimum atomic E-state index is -0.399. The second kappa shape index (κ2) is 13.3. The van der Waals surface area contributed by atoms with E-state index in [0.717, 1.165) is 16.8 Å². The van der Waals surface area contributed by atoms with Gasteiger partial charge in [-0.15, -0.1) is 0 Å². The summed E-state index contributed by atoms with van der Waals surface area (Å²) in [6.07, 6.45) is 6.28. The summed E-state index contributed by atoms with van der Waals surface area (Å²) in [4.78, 5) is 26.1. The quantitative estimate of drug-likeness (QED) is 0.309. The molecule has 0 atom stereocenters. The van der Waals surface area contributed by atoms with Crippen molar-refractivity contribution in [2.75, 3.05) is 31.2 Å². The normalized spacial score (nSPS) is 10.9. The van der Waals surface area contributed by atoms with E-state index >= 15 is 0 Å². The molecular weight excluding hydrogens is 414 g/mol. The maximum absolute atomic E-state index is 12.0. The summed E-state index contributed by atoms with van der Waals surface area (Å²) in [6, 6.07) is 28.9. The number of hydrogen-bond donors (Lipinski definition) is 0. The molecule has 0 N–H and O–H groups in total. The minimum Gasteiger partial charge on any atom is -0.461 e. The Morgan fingerprint density at radius 1 is 0.606 bits per heavy atom. The van der Waals surface area contributed by atoms with Crippen molar-refractivity contribution in [3.05, 3.63) is 114 Å². The Balaban J connectivity index is 1.46. The van der Waals surface area contributed by atoms with E-state index in [1.54, 1.807) is 12.2 Å². The Labute approximate surface area is 194 Å². The zero-order chi connectivity index (χ0) is 23.1. The van der Waals surface area contributed by atoms with Crippen molar-refractivity contribution in [3.8, 4) is 0 Å². The smallest absolute Gasteiger partial charge is 0.330 e. The molecule has 0 fully saturated rings. The van der Waals surface area contributed by atoms with Gasteiger partial charge in [0.2, 0.25) is 0 Å². The zero-order valence-corrected chi connectivity index (χ0v) is 18.4. The Bertz CT molecular complexity index is 980. The van der Waals surface area contributed by atoms with Gasteiger partial charge in [-0.1, -0.05) is 78.9 Å². The number of rotatable bonds is 11. The van der Waals surface area contributed by atoms with Crippen molar-refractivity contribution < 1.29 is 19.1 Å². The van der Waals surface area contributed by atoms with Crippen molar-refractivity contribution in [2.45, 2.75) is 0 Å². The Kier molecular flexibility index (Phi) is 9.51. The molecule has 5 nitrogen and oxygen atoms in total. The predicted octanol–water partition coefficient (Wildman–Crippen LogP) is 5.01. The van der Waals surface area contributed by atoms with Gasteiger partial charge in [0.1, 0.15) is 13.2 Å². The predicted molar refractivity (Wildman–Crippen MR) is 132 cm³/mol. The molecule has 0 aliphatic heterocycles. The molecule has 0 radical (unpaired) electrons. The molecule has 0 bridgehead atoms. The van der Waals surface area contributed by atoms with Crippen LogP contribution in [0.4, 0.5) is 5.69 Å². The highest BCUT2D eigenvalue weighted by Crippen LogP contribution is 2.13. The second-order valence-corrected chi connectivity index (χ2v) is 7.15. The van der Waals surface area contributed by atoms with Crippen LogP contribution in [0.5, 0.6) is 0 Å². The first-order valence-corrected chi connectivity index (χ1v) is 10.8. The largest absolute Gasteiger partial charge is 0.461 e. The van der Waals surface area contributed by atoms with Gasteiger partial charge in [0.05, 0.1) is 13.1 Å². The fraction of sp³-hybridized carbons (Fsp3) is 0.143. The van der Waals surface area contributed by atoms with Crippen LogP contribution < -0.4 is 4.90 Å². The van der Waals surface area contributed by atoms with Gasteiger partial charge in [0.25, 0.3) is 0 Å². The highest BCUT2D eigenvalue weighted by Gasteiger charge is 2.09. The molecule has 0 amide bonds. The lowest BCUT2D eigenvalue weighted by molar-refractivity contribution is -0.137. The number of anilines is 1. The molecule has 168 valence electrons. The number of nitrogens with zero attached hydrogens (tertiary/aromatic N) is 1. The number of hydrogen-bond acceptors (Lipinski definition) is 5. The van der Waals surface area contributed by atoms with Crippen LogP contribution in [0.25, 0.3) is 12.2 Å². The van der Waals surface area contributed by atoms with Crippen LogP contribution in [0, 0.1) is 0 Å². The monoisotopic (exact) mass is 441 g/mol. The van der Waals surface area contributed by atoms with Crippen LogP contribution in [0.2, 0.25) is 0 Å². The van der Waals surface area contributed by atoms with Crippen molar-refractivity contribution in [1.29, 1.82) is 0 Å². The Morgan fingerprint density at radius 3 is 1.42 bits per heavy atom. The number of ether oxygens (including phenoxy) is 2. The average Bonchev–Trinajstić information content (AvgIpc) is 2.87. The summed E-state index contributed by atoms with van der Waals surface area (Å²) >= 11 is 0. The van der Waals surface area contributed by atoms with Gasteiger partial charge in [0.15, 0.2) is 0 Å². The topological polar surface area (TPSA) is 55.8 Å². The van der Waals surface area contributed by atoms with Gasteiger partial charge < -0.3 is 14.4 Å². The van der Waals surface area contributed by atoms with Gasteiger partial charge in [-0.2, -0.15) is 0 Å². The minimum absolute atomic E-state index is 0.217. The lowest BCUT2D eigenvalue weighted by Gasteiger charge is -2.24. The van der Waals surface area contributed by atoms with Crippen molar-refractivity contribution in [1.82, 2.24) is 0 Å². The first kappa shape index (κ1) is 23.5. The van der Waals surface area contributed by atoms with Gasteiger partial charge in [-0.3, -0.25) is 0 Å². The van der Waals surface area contributed by atoms with Crippen LogP contribution in [0.1, 0.15) is 11.1 Å². The first-order chi connectivity index (χ1) is 16.2. The van der Waals surface area contributed by atoms with Crippen LogP contribution in [0.3, 0.4) is 0 Å². The highest BCUT2D eigenvalue weighted by atomic mass is 16.5. The van der Waals surface area contributed by atoms with Crippen LogP contribution in [0.15, 0.2) is 103 Å². The third kappa shape index (κ3) is 8.87. The molecule has 0 spiro atoms. The van der Waals surface area contributed by atoms with Crippen LogP contribution in [-0.4, -0.2) is 38.2 Å². The molecule has 0 saturated carbocycles. The average molecular weight is 442 g/mol. The van der Waals surface area contributed by atoms with Gasteiger partial charge >= 0.3 is 11.9 Å². The zero-order valence-electron chi connectivity index (χ0n) is 18.4. The molecule has 0 saturated heterocycles. The molecule has 0 unspecified atom stereocenters. The van der Waals surface area contributed by atoms with Crippen molar-refractivity contribution >= 4 is 29.8 Å². The number of carbonyl (C=O) groups excluding carboxylic acids is 2. The van der Waals surface area contributed by atoms with E-state index in [1.165, 1.54) is 12.2 Å². The summed E-state index contributed by atoms with van der Waals surface area (Å²) in [6.45, 7) is 1.39. The van der Waals surface area contributed by atoms with E-state index in [4.69, 9.17) is 9.47 Å². The van der Waals surface area contributed by atoms with E-state index in [1.807, 2.05) is 95.9 Å². The molecule has 33 heavy (non-hydrogen) atoms. The fourth-order valence-electron chi connectivity index (χ4n) is 3.07. The number of esters is 2. The second-order valence-electron chi connectivity index (χ2n) is 7.15. The van der Waals surface area contributed by atoms with E-state index in [0.29, 0.717) is 13.1 Å². The molecule has 5 heteroatoms. The Morgan fingerprint density at radius 2 is 1.00 bits per heavy atom. The number of carbonyl (C=O) groups is 2. The van der Waals surface area contributed by atoms with Crippen molar-refractivity contribution in [3.63, 3.8) is 0 Å². The third-order valence-electron chi connectivity index (χ3n) is 4.76. The van der Waals surface area contributed by atoms with E-state index < -0.39 is 11.9 Å². The molecule has 3 aromatic carbocycles. The summed E-state index contributed by atoms with van der Waals surface area (Å²) in [5.74, 6) is -0.798. The number of para-hydroxylation sites is 1. The standard InChI is InChI=1S/C28H27NO4/c30-27(18-16-24-10-4-1-5-11-24)32-22-20-29(26-14-8-3-9-15-26)21-23-33-28(31)19-17-25-12-6-2-7-13-25/h1-19H,20-23H2/b18-16+,19-17?. The molecule has 3 aromatic rings. The lowest BCUT2D eigenvalue weighted by Crippen LogP contribution is -2.31. The van der Waals surface area contributed by atoms with E-state index in [9.17, 15) is 9.59 Å². The molecule has 0 aliphatic rings. The van der Waals surface area contributed by atoms with Gasteiger partial charge in [-0.25, -0.2) is 9.59 Å². The van der Waals surface area contributed by atoms with Crippen LogP contribution >= 0.6 is 0 Å². The van der Waals surface area contributed by atoms with Crippen molar-refractivity contribution in [2.24, 2.45) is 0 Å². The highest BCUT2D eigenvalue weighted by molar-refractivity contribution is 5.87. The third-order valence-corrected chi connectivity index (χ3v) is 4.76. The van der Waals surface area contributed by atoms with Crippen LogP contribution in [-0.2, 0) is 19.1 Å².